The molecular formula is C25H35N7O4. The van der Waals surface area contributed by atoms with E-state index in [1.807, 2.05) is 31.2 Å². The number of piperazine rings is 1. The van der Waals surface area contributed by atoms with Crippen LogP contribution in [0.25, 0.3) is 5.69 Å². The van der Waals surface area contributed by atoms with Crippen molar-refractivity contribution in [2.24, 2.45) is 0 Å². The monoisotopic (exact) mass is 497 g/mol. The molecule has 0 saturated carbocycles. The lowest BCUT2D eigenvalue weighted by Crippen LogP contribution is -2.52. The summed E-state index contributed by atoms with van der Waals surface area (Å²) in [5.74, 6) is 0.238. The lowest BCUT2D eigenvalue weighted by atomic mass is 10.1. The Labute approximate surface area is 210 Å². The molecule has 1 aromatic carbocycles. The third-order valence-corrected chi connectivity index (χ3v) is 6.77. The van der Waals surface area contributed by atoms with Crippen LogP contribution in [-0.2, 0) is 6.42 Å². The zero-order valence-corrected chi connectivity index (χ0v) is 20.7. The second kappa shape index (κ2) is 12.0. The van der Waals surface area contributed by atoms with Crippen molar-refractivity contribution in [3.05, 3.63) is 52.6 Å². The summed E-state index contributed by atoms with van der Waals surface area (Å²) >= 11 is 0. The standard InChI is InChI=1S/C25H35N7O4/c1-18-17-31(16-11-26-18)23(33)28-22-10-15-32(24(34)29-22)21-6-4-19(5-7-21)8-13-30-12-2-3-20(9-14-30)27-25(35)36/h4-7,10,15,18,20,26-27H,2-3,8-9,11-14,16-17H2,1H3,(H,35,36)(H,28,29,33,34). The summed E-state index contributed by atoms with van der Waals surface area (Å²) < 4.78 is 1.46. The minimum absolute atomic E-state index is 0.0316. The average Bonchev–Trinajstić information content (AvgIpc) is 3.08. The molecule has 0 aliphatic carbocycles. The fraction of sp³-hybridized carbons (Fsp3) is 0.520. The summed E-state index contributed by atoms with van der Waals surface area (Å²) in [4.78, 5) is 44.1. The molecule has 0 radical (unpaired) electrons. The summed E-state index contributed by atoms with van der Waals surface area (Å²) in [5.41, 5.74) is 1.42. The first-order valence-electron chi connectivity index (χ1n) is 12.6. The van der Waals surface area contributed by atoms with Crippen LogP contribution in [0.5, 0.6) is 0 Å². The number of carboxylic acid groups (broad SMARTS) is 1. The summed E-state index contributed by atoms with van der Waals surface area (Å²) in [6.07, 6.45) is 4.22. The lowest BCUT2D eigenvalue weighted by Gasteiger charge is -2.31. The van der Waals surface area contributed by atoms with Crippen molar-refractivity contribution in [1.82, 2.24) is 30.0 Å². The zero-order chi connectivity index (χ0) is 25.5. The number of likely N-dealkylation sites (tertiary alicyclic amines) is 1. The number of hydrogen-bond acceptors (Lipinski definition) is 6. The number of nitrogens with zero attached hydrogens (tertiary/aromatic N) is 4. The van der Waals surface area contributed by atoms with E-state index in [-0.39, 0.29) is 23.9 Å². The molecule has 3 amide bonds. The number of benzene rings is 1. The normalized spacial score (nSPS) is 21.0. The number of anilines is 1. The molecule has 4 N–H and O–H groups in total. The Kier molecular flexibility index (Phi) is 8.55. The van der Waals surface area contributed by atoms with Gasteiger partial charge >= 0.3 is 17.8 Å². The van der Waals surface area contributed by atoms with E-state index in [0.717, 1.165) is 51.9 Å². The largest absolute Gasteiger partial charge is 0.465 e. The van der Waals surface area contributed by atoms with Crippen LogP contribution in [0.3, 0.4) is 0 Å². The first-order valence-corrected chi connectivity index (χ1v) is 12.6. The van der Waals surface area contributed by atoms with E-state index >= 15 is 0 Å². The van der Waals surface area contributed by atoms with Crippen LogP contribution >= 0.6 is 0 Å². The smallest absolute Gasteiger partial charge is 0.404 e. The van der Waals surface area contributed by atoms with E-state index in [4.69, 9.17) is 5.11 Å². The second-order valence-electron chi connectivity index (χ2n) is 9.53. The average molecular weight is 498 g/mol. The van der Waals surface area contributed by atoms with Crippen molar-refractivity contribution in [2.75, 3.05) is 44.6 Å². The fourth-order valence-corrected chi connectivity index (χ4v) is 4.78. The van der Waals surface area contributed by atoms with Crippen LogP contribution in [-0.4, -0.2) is 87.9 Å². The summed E-state index contributed by atoms with van der Waals surface area (Å²) in [6.45, 7) is 6.72. The molecule has 11 nitrogen and oxygen atoms in total. The highest BCUT2D eigenvalue weighted by Gasteiger charge is 2.21. The third kappa shape index (κ3) is 7.05. The van der Waals surface area contributed by atoms with E-state index in [1.54, 1.807) is 17.2 Å². The Balaban J connectivity index is 1.30. The highest BCUT2D eigenvalue weighted by molar-refractivity contribution is 5.88. The molecule has 4 rings (SSSR count). The van der Waals surface area contributed by atoms with Gasteiger partial charge in [0, 0.05) is 51.0 Å². The Hall–Kier alpha value is -3.44. The first-order chi connectivity index (χ1) is 17.4. The molecule has 0 spiro atoms. The van der Waals surface area contributed by atoms with Gasteiger partial charge < -0.3 is 25.5 Å². The quantitative estimate of drug-likeness (QED) is 0.478. The molecule has 11 heteroatoms. The zero-order valence-electron chi connectivity index (χ0n) is 20.7. The van der Waals surface area contributed by atoms with Gasteiger partial charge in [0.1, 0.15) is 5.82 Å². The second-order valence-corrected chi connectivity index (χ2v) is 9.53. The number of urea groups is 1. The molecule has 0 bridgehead atoms. The molecule has 2 saturated heterocycles. The number of carbonyl (C=O) groups is 2. The summed E-state index contributed by atoms with van der Waals surface area (Å²) in [7, 11) is 0. The van der Waals surface area contributed by atoms with Gasteiger partial charge in [0.15, 0.2) is 0 Å². The van der Waals surface area contributed by atoms with Gasteiger partial charge in [-0.25, -0.2) is 14.4 Å². The molecule has 194 valence electrons. The van der Waals surface area contributed by atoms with Gasteiger partial charge in [0.05, 0.1) is 5.69 Å². The third-order valence-electron chi connectivity index (χ3n) is 6.77. The van der Waals surface area contributed by atoms with Crippen LogP contribution in [0.15, 0.2) is 41.3 Å². The Morgan fingerprint density at radius 2 is 1.94 bits per heavy atom. The van der Waals surface area contributed by atoms with E-state index in [0.29, 0.717) is 18.8 Å². The highest BCUT2D eigenvalue weighted by Crippen LogP contribution is 2.14. The number of amides is 3. The van der Waals surface area contributed by atoms with E-state index < -0.39 is 11.8 Å². The molecule has 1 aromatic heterocycles. The predicted molar refractivity (Wildman–Crippen MR) is 137 cm³/mol. The Morgan fingerprint density at radius 1 is 1.14 bits per heavy atom. The van der Waals surface area contributed by atoms with E-state index in [1.165, 1.54) is 10.1 Å². The van der Waals surface area contributed by atoms with Gasteiger partial charge in [-0.1, -0.05) is 12.1 Å². The van der Waals surface area contributed by atoms with Crippen molar-refractivity contribution in [3.8, 4) is 5.69 Å². The van der Waals surface area contributed by atoms with Crippen LogP contribution in [0, 0.1) is 0 Å². The number of carbonyl (C=O) groups excluding carboxylic acids is 1. The number of rotatable bonds is 6. The minimum Gasteiger partial charge on any atom is -0.465 e. The molecule has 2 aliphatic heterocycles. The predicted octanol–water partition coefficient (Wildman–Crippen LogP) is 1.72. The minimum atomic E-state index is -0.952. The maximum Gasteiger partial charge on any atom is 0.404 e. The molecule has 2 unspecified atom stereocenters. The van der Waals surface area contributed by atoms with Gasteiger partial charge in [-0.2, -0.15) is 4.98 Å². The lowest BCUT2D eigenvalue weighted by molar-refractivity contribution is 0.188. The van der Waals surface area contributed by atoms with Gasteiger partial charge in [-0.3, -0.25) is 9.88 Å². The van der Waals surface area contributed by atoms with Crippen LogP contribution in [0.1, 0.15) is 31.7 Å². The SMILES string of the molecule is CC1CN(C(=O)Nc2ccn(-c3ccc(CCN4CCCC(NC(=O)O)CC4)cc3)c(=O)n2)CCN1. The van der Waals surface area contributed by atoms with Crippen LogP contribution < -0.4 is 21.6 Å². The van der Waals surface area contributed by atoms with Crippen LogP contribution in [0.4, 0.5) is 15.4 Å². The molecule has 2 aromatic rings. The van der Waals surface area contributed by atoms with Gasteiger partial charge in [-0.05, 0) is 62.9 Å². The Bertz CT molecular complexity index is 1100. The summed E-state index contributed by atoms with van der Waals surface area (Å²) in [5, 5.41) is 17.5. The molecule has 2 atom stereocenters. The maximum absolute atomic E-state index is 12.6. The first kappa shape index (κ1) is 25.6. The topological polar surface area (TPSA) is 132 Å². The van der Waals surface area contributed by atoms with Crippen molar-refractivity contribution >= 4 is 17.9 Å². The molecule has 2 fully saturated rings. The van der Waals surface area contributed by atoms with Gasteiger partial charge in [0.25, 0.3) is 0 Å². The summed E-state index contributed by atoms with van der Waals surface area (Å²) in [6, 6.07) is 9.45. The van der Waals surface area contributed by atoms with Crippen molar-refractivity contribution in [1.29, 1.82) is 0 Å². The van der Waals surface area contributed by atoms with Gasteiger partial charge in [0.2, 0.25) is 0 Å². The van der Waals surface area contributed by atoms with E-state index in [9.17, 15) is 14.4 Å². The highest BCUT2D eigenvalue weighted by atomic mass is 16.4. The molecular weight excluding hydrogens is 462 g/mol. The van der Waals surface area contributed by atoms with Crippen molar-refractivity contribution in [2.45, 2.75) is 44.7 Å². The van der Waals surface area contributed by atoms with E-state index in [2.05, 4.69) is 25.8 Å². The van der Waals surface area contributed by atoms with Gasteiger partial charge in [-0.15, -0.1) is 0 Å². The molecule has 36 heavy (non-hydrogen) atoms. The Morgan fingerprint density at radius 3 is 2.67 bits per heavy atom. The fourth-order valence-electron chi connectivity index (χ4n) is 4.78. The van der Waals surface area contributed by atoms with Crippen molar-refractivity contribution in [3.63, 3.8) is 0 Å². The van der Waals surface area contributed by atoms with Crippen molar-refractivity contribution < 1.29 is 14.7 Å². The molecule has 3 heterocycles. The molecule has 2 aliphatic rings. The number of aromatic nitrogens is 2. The van der Waals surface area contributed by atoms with Crippen LogP contribution in [0.2, 0.25) is 0 Å². The number of hydrogen-bond donors (Lipinski definition) is 4. The number of nitrogens with one attached hydrogen (secondary N) is 3. The maximum atomic E-state index is 12.6.